The first kappa shape index (κ1) is 15.3. The van der Waals surface area contributed by atoms with Gasteiger partial charge in [0.2, 0.25) is 10.0 Å². The van der Waals surface area contributed by atoms with Crippen LogP contribution in [0.1, 0.15) is 12.0 Å². The van der Waals surface area contributed by atoms with Crippen LogP contribution in [0.3, 0.4) is 0 Å². The number of aryl methyl sites for hydroxylation is 1. The van der Waals surface area contributed by atoms with Crippen molar-refractivity contribution < 1.29 is 17.5 Å². The Bertz CT molecular complexity index is 613. The van der Waals surface area contributed by atoms with Crippen LogP contribution in [0.5, 0.6) is 0 Å². The minimum absolute atomic E-state index is 0.0499. The van der Waals surface area contributed by atoms with Crippen molar-refractivity contribution in [2.75, 3.05) is 25.5 Å². The Labute approximate surface area is 128 Å². The molecule has 2 aliphatic rings. The van der Waals surface area contributed by atoms with E-state index in [-0.39, 0.29) is 16.2 Å². The molecule has 3 rings (SSSR count). The largest absolute Gasteiger partial charge is 0.380 e. The third kappa shape index (κ3) is 2.97. The summed E-state index contributed by atoms with van der Waals surface area (Å²) in [4.78, 5) is 0.0529. The fourth-order valence-electron chi connectivity index (χ4n) is 2.93. The number of rotatable bonds is 2. The molecule has 0 radical (unpaired) electrons. The predicted molar refractivity (Wildman–Crippen MR) is 80.5 cm³/mol. The van der Waals surface area contributed by atoms with Gasteiger partial charge < -0.3 is 4.74 Å². The fourth-order valence-corrected chi connectivity index (χ4v) is 6.24. The average molecular weight is 331 g/mol. The second-order valence-corrected chi connectivity index (χ2v) is 8.66. The number of hydrogen-bond donors (Lipinski definition) is 0. The molecule has 0 saturated carbocycles. The van der Waals surface area contributed by atoms with E-state index in [4.69, 9.17) is 4.74 Å². The van der Waals surface area contributed by atoms with Crippen LogP contribution in [0.25, 0.3) is 0 Å². The quantitative estimate of drug-likeness (QED) is 0.832. The Morgan fingerprint density at radius 3 is 2.95 bits per heavy atom. The Morgan fingerprint density at radius 1 is 1.38 bits per heavy atom. The summed E-state index contributed by atoms with van der Waals surface area (Å²) in [5.41, 5.74) is 0.614. The van der Waals surface area contributed by atoms with Crippen LogP contribution < -0.4 is 0 Å². The lowest BCUT2D eigenvalue weighted by molar-refractivity contribution is 0.0625. The van der Waals surface area contributed by atoms with Crippen molar-refractivity contribution in [1.82, 2.24) is 4.31 Å². The van der Waals surface area contributed by atoms with E-state index < -0.39 is 15.8 Å². The molecule has 2 heterocycles. The summed E-state index contributed by atoms with van der Waals surface area (Å²) in [6.45, 7) is 3.34. The molecule has 7 heteroatoms. The normalized spacial score (nSPS) is 27.3. The van der Waals surface area contributed by atoms with Crippen molar-refractivity contribution >= 4 is 21.8 Å². The zero-order valence-electron chi connectivity index (χ0n) is 11.8. The van der Waals surface area contributed by atoms with Gasteiger partial charge in [-0.05, 0) is 37.1 Å². The maximum atomic E-state index is 13.6. The number of nitrogens with zero attached hydrogens (tertiary/aromatic N) is 1. The van der Waals surface area contributed by atoms with E-state index in [1.807, 2.05) is 0 Å². The van der Waals surface area contributed by atoms with Gasteiger partial charge in [0.05, 0.1) is 11.5 Å². The highest BCUT2D eigenvalue weighted by Gasteiger charge is 2.41. The number of hydrogen-bond acceptors (Lipinski definition) is 4. The lowest BCUT2D eigenvalue weighted by Crippen LogP contribution is -2.54. The topological polar surface area (TPSA) is 46.6 Å². The third-order valence-corrected chi connectivity index (χ3v) is 7.10. The first-order valence-electron chi connectivity index (χ1n) is 6.97. The summed E-state index contributed by atoms with van der Waals surface area (Å²) in [5.74, 6) is 0.237. The molecule has 0 aromatic heterocycles. The molecule has 0 bridgehead atoms. The second kappa shape index (κ2) is 5.87. The molecule has 4 nitrogen and oxygen atoms in total. The highest BCUT2D eigenvalue weighted by molar-refractivity contribution is 8.00. The summed E-state index contributed by atoms with van der Waals surface area (Å²) < 4.78 is 46.3. The molecule has 1 aromatic rings. The number of halogens is 1. The van der Waals surface area contributed by atoms with Gasteiger partial charge in [0.25, 0.3) is 0 Å². The summed E-state index contributed by atoms with van der Waals surface area (Å²) in [7, 11) is -3.65. The van der Waals surface area contributed by atoms with Crippen molar-refractivity contribution in [1.29, 1.82) is 0 Å². The van der Waals surface area contributed by atoms with Gasteiger partial charge in [0, 0.05) is 30.2 Å². The standard InChI is InChI=1S/C14H18FNO3S2/c1-10-6-11(15)8-12(7-10)21(17,18)16-3-5-20-14-9-19-4-2-13(14)16/h6-8,13-14H,2-5,9H2,1H3/t13-,14-/m1/s1. The first-order chi connectivity index (χ1) is 9.98. The van der Waals surface area contributed by atoms with E-state index in [1.165, 1.54) is 12.1 Å². The molecule has 0 aliphatic carbocycles. The molecule has 21 heavy (non-hydrogen) atoms. The summed E-state index contributed by atoms with van der Waals surface area (Å²) in [6.07, 6.45) is 0.700. The number of thioether (sulfide) groups is 1. The molecule has 2 saturated heterocycles. The summed E-state index contributed by atoms with van der Waals surface area (Å²) in [6, 6.07) is 3.93. The molecular weight excluding hydrogens is 313 g/mol. The van der Waals surface area contributed by atoms with Gasteiger partial charge >= 0.3 is 0 Å². The Hall–Kier alpha value is -0.630. The summed E-state index contributed by atoms with van der Waals surface area (Å²) in [5, 5.41) is 0.178. The highest BCUT2D eigenvalue weighted by Crippen LogP contribution is 2.34. The molecule has 0 spiro atoms. The lowest BCUT2D eigenvalue weighted by atomic mass is 10.1. The van der Waals surface area contributed by atoms with Gasteiger partial charge in [-0.3, -0.25) is 0 Å². The average Bonchev–Trinajstić information content (AvgIpc) is 2.45. The van der Waals surface area contributed by atoms with Crippen LogP contribution in [-0.4, -0.2) is 49.5 Å². The molecule has 2 atom stereocenters. The van der Waals surface area contributed by atoms with E-state index in [2.05, 4.69) is 0 Å². The number of ether oxygens (including phenoxy) is 1. The zero-order chi connectivity index (χ0) is 15.0. The molecular formula is C14H18FNO3S2. The molecule has 0 amide bonds. The van der Waals surface area contributed by atoms with E-state index in [1.54, 1.807) is 23.0 Å². The fraction of sp³-hybridized carbons (Fsp3) is 0.571. The van der Waals surface area contributed by atoms with Crippen LogP contribution >= 0.6 is 11.8 Å². The van der Waals surface area contributed by atoms with Crippen LogP contribution in [0.15, 0.2) is 23.1 Å². The second-order valence-electron chi connectivity index (χ2n) is 5.42. The van der Waals surface area contributed by atoms with E-state index >= 15 is 0 Å². The van der Waals surface area contributed by atoms with E-state index in [0.29, 0.717) is 31.7 Å². The highest BCUT2D eigenvalue weighted by atomic mass is 32.2. The van der Waals surface area contributed by atoms with Gasteiger partial charge in [-0.15, -0.1) is 0 Å². The van der Waals surface area contributed by atoms with Crippen molar-refractivity contribution in [3.63, 3.8) is 0 Å². The maximum absolute atomic E-state index is 13.6. The lowest BCUT2D eigenvalue weighted by Gasteiger charge is -2.42. The van der Waals surface area contributed by atoms with Gasteiger partial charge in [-0.25, -0.2) is 12.8 Å². The van der Waals surface area contributed by atoms with E-state index in [9.17, 15) is 12.8 Å². The zero-order valence-corrected chi connectivity index (χ0v) is 13.4. The summed E-state index contributed by atoms with van der Waals surface area (Å²) >= 11 is 1.76. The van der Waals surface area contributed by atoms with Crippen molar-refractivity contribution in [2.24, 2.45) is 0 Å². The van der Waals surface area contributed by atoms with Crippen LogP contribution in [0.4, 0.5) is 4.39 Å². The minimum Gasteiger partial charge on any atom is -0.380 e. The predicted octanol–water partition coefficient (Wildman–Crippen LogP) is 2.03. The minimum atomic E-state index is -3.65. The molecule has 2 fully saturated rings. The SMILES string of the molecule is Cc1cc(F)cc(S(=O)(=O)N2CCS[C@@H]3COCC[C@H]32)c1. The van der Waals surface area contributed by atoms with Gasteiger partial charge in [-0.1, -0.05) is 0 Å². The van der Waals surface area contributed by atoms with Crippen molar-refractivity contribution in [3.8, 4) is 0 Å². The molecule has 0 N–H and O–H groups in total. The Kier molecular flexibility index (Phi) is 4.27. The van der Waals surface area contributed by atoms with Crippen molar-refractivity contribution in [3.05, 3.63) is 29.6 Å². The third-order valence-electron chi connectivity index (χ3n) is 3.90. The van der Waals surface area contributed by atoms with Crippen LogP contribution in [0, 0.1) is 12.7 Å². The smallest absolute Gasteiger partial charge is 0.243 e. The Morgan fingerprint density at radius 2 is 2.19 bits per heavy atom. The van der Waals surface area contributed by atoms with Crippen LogP contribution in [0.2, 0.25) is 0 Å². The van der Waals surface area contributed by atoms with Crippen molar-refractivity contribution in [2.45, 2.75) is 29.5 Å². The molecule has 1 aromatic carbocycles. The Balaban J connectivity index is 1.96. The molecule has 0 unspecified atom stereocenters. The van der Waals surface area contributed by atoms with Gasteiger partial charge in [-0.2, -0.15) is 16.1 Å². The number of fused-ring (bicyclic) bond motifs is 1. The molecule has 116 valence electrons. The van der Waals surface area contributed by atoms with E-state index in [0.717, 1.165) is 11.8 Å². The van der Waals surface area contributed by atoms with Crippen LogP contribution in [-0.2, 0) is 14.8 Å². The maximum Gasteiger partial charge on any atom is 0.243 e. The number of benzene rings is 1. The first-order valence-corrected chi connectivity index (χ1v) is 9.46. The van der Waals surface area contributed by atoms with Gasteiger partial charge in [0.1, 0.15) is 5.82 Å². The molecule has 2 aliphatic heterocycles. The number of sulfonamides is 1. The van der Waals surface area contributed by atoms with Gasteiger partial charge in [0.15, 0.2) is 0 Å². The monoisotopic (exact) mass is 331 g/mol.